The lowest BCUT2D eigenvalue weighted by atomic mass is 9.92. The molecule has 86 valence electrons. The van der Waals surface area contributed by atoms with Gasteiger partial charge in [0, 0.05) is 12.2 Å². The summed E-state index contributed by atoms with van der Waals surface area (Å²) in [6.45, 7) is 7.71. The summed E-state index contributed by atoms with van der Waals surface area (Å²) in [6.07, 6.45) is 1.63. The number of rotatable bonds is 4. The second-order valence-corrected chi connectivity index (χ2v) is 5.27. The van der Waals surface area contributed by atoms with E-state index >= 15 is 0 Å². The first kappa shape index (κ1) is 12.6. The molecule has 0 aliphatic rings. The molecule has 0 radical (unpaired) electrons. The van der Waals surface area contributed by atoms with Crippen LogP contribution in [0, 0.1) is 16.7 Å². The number of nitrogens with zero attached hydrogens (tertiary/aromatic N) is 1. The van der Waals surface area contributed by atoms with Crippen LogP contribution >= 0.6 is 0 Å². The maximum absolute atomic E-state index is 8.55. The highest BCUT2D eigenvalue weighted by atomic mass is 14.9. The number of nitriles is 1. The molecule has 0 unspecified atom stereocenters. The minimum atomic E-state index is 0.369. The highest BCUT2D eigenvalue weighted by Gasteiger charge is 2.08. The summed E-state index contributed by atoms with van der Waals surface area (Å²) in [5, 5.41) is 11.9. The Hall–Kier alpha value is -1.49. The first-order valence-electron chi connectivity index (χ1n) is 5.71. The quantitative estimate of drug-likeness (QED) is 0.834. The van der Waals surface area contributed by atoms with E-state index in [9.17, 15) is 0 Å². The molecule has 1 aromatic rings. The number of benzene rings is 1. The van der Waals surface area contributed by atoms with Gasteiger partial charge in [0.05, 0.1) is 12.5 Å². The average molecular weight is 216 g/mol. The maximum atomic E-state index is 8.55. The Morgan fingerprint density at radius 1 is 1.19 bits per heavy atom. The normalized spacial score (nSPS) is 10.9. The van der Waals surface area contributed by atoms with E-state index in [4.69, 9.17) is 5.26 Å². The van der Waals surface area contributed by atoms with Gasteiger partial charge in [-0.05, 0) is 29.5 Å². The largest absolute Gasteiger partial charge is 0.385 e. The predicted octanol–water partition coefficient (Wildman–Crippen LogP) is 3.60. The van der Waals surface area contributed by atoms with Crippen LogP contribution < -0.4 is 5.32 Å². The third-order valence-electron chi connectivity index (χ3n) is 2.44. The molecule has 0 aromatic heterocycles. The van der Waals surface area contributed by atoms with Crippen LogP contribution in [0.15, 0.2) is 24.3 Å². The van der Waals surface area contributed by atoms with Gasteiger partial charge in [-0.15, -0.1) is 0 Å². The fourth-order valence-electron chi connectivity index (χ4n) is 1.41. The van der Waals surface area contributed by atoms with Gasteiger partial charge in [0.2, 0.25) is 0 Å². The van der Waals surface area contributed by atoms with Gasteiger partial charge in [0.1, 0.15) is 0 Å². The second kappa shape index (κ2) is 5.55. The van der Waals surface area contributed by atoms with Crippen molar-refractivity contribution in [2.24, 2.45) is 5.41 Å². The van der Waals surface area contributed by atoms with Crippen molar-refractivity contribution >= 4 is 5.69 Å². The van der Waals surface area contributed by atoms with E-state index in [0.717, 1.165) is 24.2 Å². The molecule has 2 nitrogen and oxygen atoms in total. The van der Waals surface area contributed by atoms with E-state index in [1.165, 1.54) is 0 Å². The van der Waals surface area contributed by atoms with Crippen LogP contribution in [0.2, 0.25) is 0 Å². The first-order chi connectivity index (χ1) is 7.51. The van der Waals surface area contributed by atoms with Gasteiger partial charge in [-0.1, -0.05) is 32.9 Å². The molecule has 1 aromatic carbocycles. The van der Waals surface area contributed by atoms with Crippen molar-refractivity contribution in [3.63, 3.8) is 0 Å². The van der Waals surface area contributed by atoms with E-state index in [0.29, 0.717) is 11.8 Å². The molecule has 0 amide bonds. The van der Waals surface area contributed by atoms with Crippen LogP contribution in [0.4, 0.5) is 5.69 Å². The molecule has 1 N–H and O–H groups in total. The summed E-state index contributed by atoms with van der Waals surface area (Å²) in [4.78, 5) is 0. The number of anilines is 1. The van der Waals surface area contributed by atoms with E-state index in [1.54, 1.807) is 0 Å². The molecule has 2 heteroatoms. The van der Waals surface area contributed by atoms with Crippen molar-refractivity contribution in [2.75, 3.05) is 11.9 Å². The Morgan fingerprint density at radius 2 is 1.81 bits per heavy atom. The highest BCUT2D eigenvalue weighted by Crippen LogP contribution is 2.18. The molecule has 0 atom stereocenters. The third-order valence-corrected chi connectivity index (χ3v) is 2.44. The van der Waals surface area contributed by atoms with Crippen LogP contribution in [0.1, 0.15) is 32.8 Å². The van der Waals surface area contributed by atoms with Crippen molar-refractivity contribution in [2.45, 2.75) is 33.6 Å². The summed E-state index contributed by atoms with van der Waals surface area (Å²) in [7, 11) is 0. The SMILES string of the molecule is CC(C)(C)CCNc1ccc(CC#N)cc1. The Morgan fingerprint density at radius 3 is 2.31 bits per heavy atom. The van der Waals surface area contributed by atoms with E-state index < -0.39 is 0 Å². The molecular formula is C14H20N2. The van der Waals surface area contributed by atoms with Gasteiger partial charge < -0.3 is 5.32 Å². The topological polar surface area (TPSA) is 35.8 Å². The maximum Gasteiger partial charge on any atom is 0.0669 e. The van der Waals surface area contributed by atoms with Crippen molar-refractivity contribution < 1.29 is 0 Å². The predicted molar refractivity (Wildman–Crippen MR) is 68.3 cm³/mol. The van der Waals surface area contributed by atoms with Crippen LogP contribution in [0.25, 0.3) is 0 Å². The monoisotopic (exact) mass is 216 g/mol. The zero-order valence-corrected chi connectivity index (χ0v) is 10.4. The second-order valence-electron chi connectivity index (χ2n) is 5.27. The summed E-state index contributed by atoms with van der Waals surface area (Å²) >= 11 is 0. The van der Waals surface area contributed by atoms with Crippen molar-refractivity contribution in [1.82, 2.24) is 0 Å². The van der Waals surface area contributed by atoms with E-state index in [1.807, 2.05) is 24.3 Å². The molecule has 0 saturated heterocycles. The average Bonchev–Trinajstić information content (AvgIpc) is 2.19. The summed E-state index contributed by atoms with van der Waals surface area (Å²) in [6, 6.07) is 10.2. The lowest BCUT2D eigenvalue weighted by Gasteiger charge is -2.18. The molecule has 0 bridgehead atoms. The fourth-order valence-corrected chi connectivity index (χ4v) is 1.41. The number of nitrogens with one attached hydrogen (secondary N) is 1. The molecule has 0 fully saturated rings. The third kappa shape index (κ3) is 4.84. The smallest absolute Gasteiger partial charge is 0.0669 e. The van der Waals surface area contributed by atoms with Gasteiger partial charge >= 0.3 is 0 Å². The Balaban J connectivity index is 2.41. The first-order valence-corrected chi connectivity index (χ1v) is 5.71. The van der Waals surface area contributed by atoms with Crippen LogP contribution in [0.3, 0.4) is 0 Å². The van der Waals surface area contributed by atoms with Gasteiger partial charge in [-0.2, -0.15) is 5.26 Å². The van der Waals surface area contributed by atoms with Crippen molar-refractivity contribution in [3.05, 3.63) is 29.8 Å². The lowest BCUT2D eigenvalue weighted by Crippen LogP contribution is -2.12. The summed E-state index contributed by atoms with van der Waals surface area (Å²) in [5.74, 6) is 0. The highest BCUT2D eigenvalue weighted by molar-refractivity contribution is 5.44. The Labute approximate surface area is 98.3 Å². The number of hydrogen-bond donors (Lipinski definition) is 1. The van der Waals surface area contributed by atoms with Gasteiger partial charge in [0.15, 0.2) is 0 Å². The molecule has 0 spiro atoms. The zero-order chi connectivity index (χ0) is 12.0. The molecule has 16 heavy (non-hydrogen) atoms. The van der Waals surface area contributed by atoms with Crippen molar-refractivity contribution in [1.29, 1.82) is 5.26 Å². The van der Waals surface area contributed by atoms with E-state index in [-0.39, 0.29) is 0 Å². The van der Waals surface area contributed by atoms with Crippen LogP contribution in [-0.4, -0.2) is 6.54 Å². The molecule has 1 rings (SSSR count). The molecule has 0 aliphatic heterocycles. The minimum absolute atomic E-state index is 0.369. The molecule has 0 aliphatic carbocycles. The molecule has 0 saturated carbocycles. The molecule has 0 heterocycles. The Bertz CT molecular complexity index is 352. The summed E-state index contributed by atoms with van der Waals surface area (Å²) < 4.78 is 0. The summed E-state index contributed by atoms with van der Waals surface area (Å²) in [5.41, 5.74) is 2.57. The standard InChI is InChI=1S/C14H20N2/c1-14(2,3)9-11-16-13-6-4-12(5-7-13)8-10-15/h4-7,16H,8-9,11H2,1-3H3. The number of hydrogen-bond acceptors (Lipinski definition) is 2. The lowest BCUT2D eigenvalue weighted by molar-refractivity contribution is 0.390. The van der Waals surface area contributed by atoms with Gasteiger partial charge in [-0.3, -0.25) is 0 Å². The zero-order valence-electron chi connectivity index (χ0n) is 10.4. The fraction of sp³-hybridized carbons (Fsp3) is 0.500. The van der Waals surface area contributed by atoms with Crippen LogP contribution in [0.5, 0.6) is 0 Å². The van der Waals surface area contributed by atoms with Crippen LogP contribution in [-0.2, 0) is 6.42 Å². The van der Waals surface area contributed by atoms with Gasteiger partial charge in [0.25, 0.3) is 0 Å². The van der Waals surface area contributed by atoms with E-state index in [2.05, 4.69) is 32.2 Å². The van der Waals surface area contributed by atoms with Crippen molar-refractivity contribution in [3.8, 4) is 6.07 Å². The molecular weight excluding hydrogens is 196 g/mol. The van der Waals surface area contributed by atoms with Gasteiger partial charge in [-0.25, -0.2) is 0 Å². The minimum Gasteiger partial charge on any atom is -0.385 e. The Kier molecular flexibility index (Phi) is 4.37.